The van der Waals surface area contributed by atoms with E-state index < -0.39 is 11.9 Å². The second kappa shape index (κ2) is 8.12. The van der Waals surface area contributed by atoms with Crippen molar-refractivity contribution in [3.8, 4) is 0 Å². The van der Waals surface area contributed by atoms with Gasteiger partial charge in [-0.1, -0.05) is 11.6 Å². The molecule has 2 heterocycles. The van der Waals surface area contributed by atoms with Crippen LogP contribution in [0.4, 0.5) is 15.5 Å². The average molecular weight is 507 g/mol. The number of rotatable bonds is 4. The Morgan fingerprint density at radius 1 is 1.23 bits per heavy atom. The first-order valence-corrected chi connectivity index (χ1v) is 9.12. The molecule has 1 aliphatic heterocycles. The fourth-order valence-corrected chi connectivity index (χ4v) is 4.47. The van der Waals surface area contributed by atoms with Gasteiger partial charge in [-0.15, -0.1) is 11.3 Å². The zero-order valence-electron chi connectivity index (χ0n) is 14.4. The maximum absolute atomic E-state index is 12.2. The van der Waals surface area contributed by atoms with Gasteiger partial charge in [-0.2, -0.15) is 0 Å². The summed E-state index contributed by atoms with van der Waals surface area (Å²) in [5.74, 6) is -0.510. The van der Waals surface area contributed by atoms with E-state index in [0.29, 0.717) is 21.3 Å². The van der Waals surface area contributed by atoms with Crippen LogP contribution in [0.2, 0.25) is 5.02 Å². The van der Waals surface area contributed by atoms with Crippen LogP contribution in [0.15, 0.2) is 24.3 Å². The lowest BCUT2D eigenvalue weighted by Gasteiger charge is -2.27. The highest BCUT2D eigenvalue weighted by molar-refractivity contribution is 7.17. The van der Waals surface area contributed by atoms with Crippen molar-refractivity contribution in [2.45, 2.75) is 20.0 Å². The van der Waals surface area contributed by atoms with Crippen LogP contribution < -0.4 is 40.3 Å². The Balaban J connectivity index is 0.00000243. The second-order valence-electron chi connectivity index (χ2n) is 6.41. The number of halogens is 2. The van der Waals surface area contributed by atoms with E-state index in [4.69, 9.17) is 17.3 Å². The molecule has 0 saturated heterocycles. The molecule has 1 atom stereocenters. The van der Waals surface area contributed by atoms with E-state index in [1.165, 1.54) is 11.3 Å². The SMILES string of the molecule is CC[N+]1(C)Cc2sc(NC(=O)Nc3ccc(Cl)cc3)c(C(N)=O)c2C1.[I-]. The fourth-order valence-electron chi connectivity index (χ4n) is 2.96. The molecule has 1 unspecified atom stereocenters. The Morgan fingerprint density at radius 3 is 2.46 bits per heavy atom. The fraction of sp³-hybridized carbons (Fsp3) is 0.294. The first-order chi connectivity index (χ1) is 11.8. The highest BCUT2D eigenvalue weighted by atomic mass is 127. The molecule has 26 heavy (non-hydrogen) atoms. The average Bonchev–Trinajstić information content (AvgIpc) is 3.02. The number of fused-ring (bicyclic) bond motifs is 1. The zero-order valence-corrected chi connectivity index (χ0v) is 18.2. The van der Waals surface area contributed by atoms with Gasteiger partial charge in [-0.05, 0) is 31.2 Å². The quantitative estimate of drug-likeness (QED) is 0.420. The summed E-state index contributed by atoms with van der Waals surface area (Å²) in [7, 11) is 2.15. The van der Waals surface area contributed by atoms with Crippen LogP contribution in [-0.2, 0) is 13.1 Å². The van der Waals surface area contributed by atoms with Crippen LogP contribution in [0, 0.1) is 0 Å². The van der Waals surface area contributed by atoms with E-state index in [-0.39, 0.29) is 24.0 Å². The molecule has 2 aromatic rings. The summed E-state index contributed by atoms with van der Waals surface area (Å²) in [6.07, 6.45) is 0. The minimum absolute atomic E-state index is 0. The van der Waals surface area contributed by atoms with E-state index in [0.717, 1.165) is 34.6 Å². The summed E-state index contributed by atoms with van der Waals surface area (Å²) in [6.45, 7) is 4.69. The molecule has 0 radical (unpaired) electrons. The number of anilines is 2. The van der Waals surface area contributed by atoms with Crippen LogP contribution in [0.3, 0.4) is 0 Å². The summed E-state index contributed by atoms with van der Waals surface area (Å²) >= 11 is 7.26. The molecule has 6 nitrogen and oxygen atoms in total. The van der Waals surface area contributed by atoms with Crippen LogP contribution in [0.5, 0.6) is 0 Å². The Bertz CT molecular complexity index is 840. The van der Waals surface area contributed by atoms with Crippen molar-refractivity contribution in [1.29, 1.82) is 0 Å². The number of amides is 3. The normalized spacial score (nSPS) is 18.0. The molecule has 0 aliphatic carbocycles. The summed E-state index contributed by atoms with van der Waals surface area (Å²) in [4.78, 5) is 25.3. The maximum atomic E-state index is 12.2. The monoisotopic (exact) mass is 506 g/mol. The Morgan fingerprint density at radius 2 is 1.88 bits per heavy atom. The lowest BCUT2D eigenvalue weighted by atomic mass is 10.1. The number of primary amides is 1. The van der Waals surface area contributed by atoms with Crippen molar-refractivity contribution in [3.05, 3.63) is 45.3 Å². The summed E-state index contributed by atoms with van der Waals surface area (Å²) < 4.78 is 0.846. The molecule has 1 aromatic heterocycles. The van der Waals surface area contributed by atoms with Gasteiger partial charge in [-0.3, -0.25) is 10.1 Å². The predicted molar refractivity (Wildman–Crippen MR) is 101 cm³/mol. The lowest BCUT2D eigenvalue weighted by molar-refractivity contribution is -0.927. The van der Waals surface area contributed by atoms with Crippen LogP contribution in [-0.4, -0.2) is 30.0 Å². The Kier molecular flexibility index (Phi) is 6.54. The van der Waals surface area contributed by atoms with Gasteiger partial charge in [0.25, 0.3) is 5.91 Å². The number of nitrogens with one attached hydrogen (secondary N) is 2. The molecular weight excluding hydrogens is 487 g/mol. The molecule has 9 heteroatoms. The molecule has 3 amide bonds. The van der Waals surface area contributed by atoms with E-state index in [1.54, 1.807) is 24.3 Å². The lowest BCUT2D eigenvalue weighted by Crippen LogP contribution is -3.00. The number of quaternary nitrogens is 1. The van der Waals surface area contributed by atoms with Gasteiger partial charge in [-0.25, -0.2) is 4.79 Å². The van der Waals surface area contributed by atoms with Crippen LogP contribution in [0.25, 0.3) is 0 Å². The number of thiophene rings is 1. The molecule has 4 N–H and O–H groups in total. The number of urea groups is 1. The topological polar surface area (TPSA) is 84.2 Å². The number of nitrogens with two attached hydrogens (primary N) is 1. The number of hydrogen-bond acceptors (Lipinski definition) is 3. The van der Waals surface area contributed by atoms with Gasteiger partial charge >= 0.3 is 6.03 Å². The molecular formula is C17H20ClIN4O2S. The summed E-state index contributed by atoms with van der Waals surface area (Å²) in [5, 5.41) is 6.57. The Hall–Kier alpha value is -1.36. The largest absolute Gasteiger partial charge is 1.00 e. The Labute approximate surface area is 178 Å². The van der Waals surface area contributed by atoms with Gasteiger partial charge in [0.05, 0.1) is 24.0 Å². The molecule has 1 aliphatic rings. The third-order valence-electron chi connectivity index (χ3n) is 4.49. The van der Waals surface area contributed by atoms with E-state index in [2.05, 4.69) is 24.6 Å². The minimum Gasteiger partial charge on any atom is -1.00 e. The van der Waals surface area contributed by atoms with Crippen molar-refractivity contribution >= 4 is 45.6 Å². The molecule has 1 aromatic carbocycles. The van der Waals surface area contributed by atoms with Crippen LogP contribution >= 0.6 is 22.9 Å². The van der Waals surface area contributed by atoms with Crippen LogP contribution in [0.1, 0.15) is 27.7 Å². The highest BCUT2D eigenvalue weighted by Crippen LogP contribution is 2.41. The van der Waals surface area contributed by atoms with Crippen molar-refractivity contribution in [2.75, 3.05) is 24.2 Å². The van der Waals surface area contributed by atoms with Gasteiger partial charge in [0.2, 0.25) is 0 Å². The smallest absolute Gasteiger partial charge is 0.324 e. The van der Waals surface area contributed by atoms with E-state index >= 15 is 0 Å². The zero-order chi connectivity index (χ0) is 18.2. The molecule has 140 valence electrons. The first-order valence-electron chi connectivity index (χ1n) is 7.93. The van der Waals surface area contributed by atoms with Crippen molar-refractivity contribution < 1.29 is 38.0 Å². The first kappa shape index (κ1) is 20.9. The molecule has 0 bridgehead atoms. The van der Waals surface area contributed by atoms with Gasteiger partial charge in [0.15, 0.2) is 0 Å². The van der Waals surface area contributed by atoms with Crippen molar-refractivity contribution in [1.82, 2.24) is 0 Å². The number of hydrogen-bond donors (Lipinski definition) is 3. The molecule has 0 fully saturated rings. The van der Waals surface area contributed by atoms with E-state index in [9.17, 15) is 9.59 Å². The molecule has 0 saturated carbocycles. The summed E-state index contributed by atoms with van der Waals surface area (Å²) in [5.41, 5.74) is 7.59. The number of nitrogens with zero attached hydrogens (tertiary/aromatic N) is 1. The third kappa shape index (κ3) is 4.30. The minimum atomic E-state index is -0.510. The van der Waals surface area contributed by atoms with Gasteiger partial charge in [0, 0.05) is 16.3 Å². The predicted octanol–water partition coefficient (Wildman–Crippen LogP) is 0.629. The second-order valence-corrected chi connectivity index (χ2v) is 7.95. The van der Waals surface area contributed by atoms with Gasteiger partial charge < -0.3 is 39.5 Å². The molecule has 0 spiro atoms. The standard InChI is InChI=1S/C17H19ClN4O2S.HI/c1-3-22(2)8-12-13(9-22)25-16(14(12)15(19)23)21-17(24)20-11-6-4-10(18)5-7-11;/h4-7H,3,8-9H2,1-2H3,(H3-,19,20,21,23,24);1H. The van der Waals surface area contributed by atoms with Crippen molar-refractivity contribution in [2.24, 2.45) is 5.73 Å². The number of carbonyl (C=O) groups is 2. The van der Waals surface area contributed by atoms with Gasteiger partial charge in [0.1, 0.15) is 18.1 Å². The van der Waals surface area contributed by atoms with E-state index in [1.807, 2.05) is 0 Å². The number of carbonyl (C=O) groups excluding carboxylic acids is 2. The third-order valence-corrected chi connectivity index (χ3v) is 5.88. The molecule has 3 rings (SSSR count). The highest BCUT2D eigenvalue weighted by Gasteiger charge is 2.37. The van der Waals surface area contributed by atoms with Crippen molar-refractivity contribution in [3.63, 3.8) is 0 Å². The number of benzene rings is 1. The summed E-state index contributed by atoms with van der Waals surface area (Å²) in [6, 6.07) is 6.37. The maximum Gasteiger partial charge on any atom is 0.324 e.